The Kier molecular flexibility index (Phi) is 3.53. The predicted molar refractivity (Wildman–Crippen MR) is 86.8 cm³/mol. The molecule has 3 heterocycles. The molecule has 0 aliphatic carbocycles. The number of nitrogens with zero attached hydrogens (tertiary/aromatic N) is 2. The summed E-state index contributed by atoms with van der Waals surface area (Å²) in [5.41, 5.74) is 1.04. The summed E-state index contributed by atoms with van der Waals surface area (Å²) in [7, 11) is 0. The Hall–Kier alpha value is -2.32. The van der Waals surface area contributed by atoms with E-state index in [0.29, 0.717) is 0 Å². The lowest BCUT2D eigenvalue weighted by molar-refractivity contribution is 0.174. The molecule has 22 heavy (non-hydrogen) atoms. The maximum Gasteiger partial charge on any atom is 0.231 e. The molecule has 1 aliphatic rings. The van der Waals surface area contributed by atoms with Gasteiger partial charge < -0.3 is 20.1 Å². The molecule has 2 N–H and O–H groups in total. The highest BCUT2D eigenvalue weighted by Crippen LogP contribution is 2.35. The standard InChI is InChI=1S/C14H12N4O2S2/c1-2-10-11(20-8-19-10)7-9(1)13(17-12-3-4-16-22-12)18-14-15-5-6-21-14/h1-7,13,17H,8H2,(H,15,18)/t13-/m1/s1. The lowest BCUT2D eigenvalue weighted by Gasteiger charge is -2.20. The number of hydrogen-bond acceptors (Lipinski definition) is 8. The molecule has 0 fully saturated rings. The summed E-state index contributed by atoms with van der Waals surface area (Å²) in [6.07, 6.45) is 3.41. The topological polar surface area (TPSA) is 68.3 Å². The minimum Gasteiger partial charge on any atom is -0.454 e. The summed E-state index contributed by atoms with van der Waals surface area (Å²) in [4.78, 5) is 4.28. The second kappa shape index (κ2) is 5.82. The summed E-state index contributed by atoms with van der Waals surface area (Å²) in [6, 6.07) is 7.84. The van der Waals surface area contributed by atoms with Crippen molar-refractivity contribution < 1.29 is 9.47 Å². The van der Waals surface area contributed by atoms with Gasteiger partial charge in [0.1, 0.15) is 11.2 Å². The van der Waals surface area contributed by atoms with Crippen LogP contribution in [0.1, 0.15) is 11.7 Å². The van der Waals surface area contributed by atoms with Crippen LogP contribution in [0.3, 0.4) is 0 Å². The number of aromatic nitrogens is 2. The molecule has 3 aromatic rings. The minimum atomic E-state index is -0.138. The van der Waals surface area contributed by atoms with Crippen LogP contribution >= 0.6 is 22.9 Å². The third-order valence-corrected chi connectivity index (χ3v) is 4.54. The Labute approximate surface area is 134 Å². The van der Waals surface area contributed by atoms with Crippen molar-refractivity contribution in [1.29, 1.82) is 0 Å². The van der Waals surface area contributed by atoms with E-state index in [2.05, 4.69) is 20.0 Å². The number of fused-ring (bicyclic) bond motifs is 1. The highest BCUT2D eigenvalue weighted by atomic mass is 32.1. The highest BCUT2D eigenvalue weighted by Gasteiger charge is 2.19. The fourth-order valence-electron chi connectivity index (χ4n) is 2.15. The number of rotatable bonds is 5. The van der Waals surface area contributed by atoms with Crippen molar-refractivity contribution in [2.45, 2.75) is 6.17 Å². The first-order valence-corrected chi connectivity index (χ1v) is 8.26. The second-order valence-corrected chi connectivity index (χ2v) is 6.28. The predicted octanol–water partition coefficient (Wildman–Crippen LogP) is 3.55. The lowest BCUT2D eigenvalue weighted by atomic mass is 10.1. The van der Waals surface area contributed by atoms with E-state index in [0.717, 1.165) is 27.2 Å². The fourth-order valence-corrected chi connectivity index (χ4v) is 3.23. The molecule has 0 saturated heterocycles. The van der Waals surface area contributed by atoms with Crippen LogP contribution in [0.25, 0.3) is 0 Å². The van der Waals surface area contributed by atoms with Gasteiger partial charge >= 0.3 is 0 Å². The molecular weight excluding hydrogens is 320 g/mol. The van der Waals surface area contributed by atoms with Gasteiger partial charge in [-0.1, -0.05) is 6.07 Å². The molecule has 8 heteroatoms. The van der Waals surface area contributed by atoms with Crippen LogP contribution in [-0.4, -0.2) is 16.2 Å². The highest BCUT2D eigenvalue weighted by molar-refractivity contribution is 7.13. The van der Waals surface area contributed by atoms with Crippen molar-refractivity contribution >= 4 is 33.0 Å². The fraction of sp³-hybridized carbons (Fsp3) is 0.143. The van der Waals surface area contributed by atoms with Gasteiger partial charge in [0.05, 0.1) is 0 Å². The molecule has 4 rings (SSSR count). The zero-order chi connectivity index (χ0) is 14.8. The molecular formula is C14H12N4O2S2. The van der Waals surface area contributed by atoms with Crippen molar-refractivity contribution in [3.05, 3.63) is 47.6 Å². The van der Waals surface area contributed by atoms with E-state index in [9.17, 15) is 0 Å². The zero-order valence-corrected chi connectivity index (χ0v) is 13.0. The maximum atomic E-state index is 5.46. The van der Waals surface area contributed by atoms with E-state index in [1.807, 2.05) is 29.6 Å². The van der Waals surface area contributed by atoms with E-state index in [-0.39, 0.29) is 13.0 Å². The van der Waals surface area contributed by atoms with E-state index in [4.69, 9.17) is 9.47 Å². The molecule has 112 valence electrons. The normalized spacial score (nSPS) is 13.8. The van der Waals surface area contributed by atoms with Crippen molar-refractivity contribution in [3.8, 4) is 11.5 Å². The summed E-state index contributed by atoms with van der Waals surface area (Å²) in [6.45, 7) is 0.269. The van der Waals surface area contributed by atoms with E-state index in [1.165, 1.54) is 11.5 Å². The van der Waals surface area contributed by atoms with Gasteiger partial charge in [-0.3, -0.25) is 0 Å². The summed E-state index contributed by atoms with van der Waals surface area (Å²) < 4.78 is 14.9. The molecule has 1 aromatic carbocycles. The van der Waals surface area contributed by atoms with Gasteiger partial charge in [0.2, 0.25) is 6.79 Å². The third-order valence-electron chi connectivity index (χ3n) is 3.15. The molecule has 0 unspecified atom stereocenters. The number of hydrogen-bond donors (Lipinski definition) is 2. The summed E-state index contributed by atoms with van der Waals surface area (Å²) >= 11 is 2.96. The first kappa shape index (κ1) is 13.4. The molecule has 0 spiro atoms. The molecule has 0 amide bonds. The van der Waals surface area contributed by atoms with Crippen molar-refractivity contribution in [2.75, 3.05) is 17.4 Å². The van der Waals surface area contributed by atoms with Crippen LogP contribution in [0.15, 0.2) is 42.0 Å². The van der Waals surface area contributed by atoms with Crippen LogP contribution in [0.5, 0.6) is 11.5 Å². The van der Waals surface area contributed by atoms with Crippen LogP contribution in [0, 0.1) is 0 Å². The van der Waals surface area contributed by atoms with Gasteiger partial charge in [0.25, 0.3) is 0 Å². The summed E-state index contributed by atoms with van der Waals surface area (Å²) in [5, 5.41) is 10.6. The Morgan fingerprint density at radius 1 is 1.09 bits per heavy atom. The van der Waals surface area contributed by atoms with Gasteiger partial charge in [-0.25, -0.2) is 4.98 Å². The van der Waals surface area contributed by atoms with Crippen LogP contribution in [0.4, 0.5) is 10.1 Å². The molecule has 1 atom stereocenters. The number of ether oxygens (including phenoxy) is 2. The van der Waals surface area contributed by atoms with Crippen LogP contribution < -0.4 is 20.1 Å². The van der Waals surface area contributed by atoms with Gasteiger partial charge in [-0.15, -0.1) is 11.3 Å². The molecule has 0 bridgehead atoms. The average Bonchev–Trinajstić information content (AvgIpc) is 3.28. The van der Waals surface area contributed by atoms with Gasteiger partial charge in [-0.2, -0.15) is 4.37 Å². The van der Waals surface area contributed by atoms with Gasteiger partial charge in [-0.05, 0) is 35.3 Å². The minimum absolute atomic E-state index is 0.138. The largest absolute Gasteiger partial charge is 0.454 e. The molecule has 1 aliphatic heterocycles. The SMILES string of the molecule is c1cc(N[C@H](Nc2nccs2)c2ccc3c(c2)OCO3)sn1. The quantitative estimate of drug-likeness (QED) is 0.697. The number of thiazole rings is 1. The Bertz CT molecular complexity index is 710. The first-order valence-electron chi connectivity index (χ1n) is 6.61. The second-order valence-electron chi connectivity index (χ2n) is 4.55. The van der Waals surface area contributed by atoms with E-state index in [1.54, 1.807) is 23.7 Å². The van der Waals surface area contributed by atoms with E-state index >= 15 is 0 Å². The Morgan fingerprint density at radius 2 is 2.05 bits per heavy atom. The average molecular weight is 332 g/mol. The zero-order valence-electron chi connectivity index (χ0n) is 11.4. The van der Waals surface area contributed by atoms with Crippen molar-refractivity contribution in [1.82, 2.24) is 9.36 Å². The van der Waals surface area contributed by atoms with Crippen LogP contribution in [-0.2, 0) is 0 Å². The molecule has 2 aromatic heterocycles. The van der Waals surface area contributed by atoms with Crippen molar-refractivity contribution in [2.24, 2.45) is 0 Å². The van der Waals surface area contributed by atoms with Crippen molar-refractivity contribution in [3.63, 3.8) is 0 Å². The third kappa shape index (κ3) is 2.70. The number of nitrogens with one attached hydrogen (secondary N) is 2. The first-order chi connectivity index (χ1) is 10.9. The van der Waals surface area contributed by atoms with E-state index < -0.39 is 0 Å². The summed E-state index contributed by atoms with van der Waals surface area (Å²) in [5.74, 6) is 1.53. The Balaban J connectivity index is 1.63. The molecule has 6 nitrogen and oxygen atoms in total. The smallest absolute Gasteiger partial charge is 0.231 e. The van der Waals surface area contributed by atoms with Gasteiger partial charge in [0, 0.05) is 17.8 Å². The molecule has 0 saturated carbocycles. The maximum absolute atomic E-state index is 5.46. The lowest BCUT2D eigenvalue weighted by Crippen LogP contribution is -2.19. The number of anilines is 2. The van der Waals surface area contributed by atoms with Gasteiger partial charge in [0.15, 0.2) is 16.6 Å². The monoisotopic (exact) mass is 332 g/mol. The Morgan fingerprint density at radius 3 is 2.86 bits per heavy atom. The number of benzene rings is 1. The molecule has 0 radical (unpaired) electrons. The van der Waals surface area contributed by atoms with Crippen LogP contribution in [0.2, 0.25) is 0 Å².